The maximum absolute atomic E-state index is 12.8. The van der Waals surface area contributed by atoms with Crippen LogP contribution in [0.5, 0.6) is 0 Å². The Kier molecular flexibility index (Phi) is 7.37. The standard InChI is InChI=1S/C20H34N4O4S/c1-21-10-5-7-19(21)20(25)22(2)12-13-24(17-8-14-28-15-9-17)18-6-4-11-23(16-18)29(3,26)27/h5,7,10,17-18H,4,6,8-9,11-16H2,1-3H3. The highest BCUT2D eigenvalue weighted by Crippen LogP contribution is 2.24. The van der Waals surface area contributed by atoms with Gasteiger partial charge in [-0.25, -0.2) is 12.7 Å². The van der Waals surface area contributed by atoms with Crippen LogP contribution < -0.4 is 0 Å². The number of piperidine rings is 1. The second-order valence-electron chi connectivity index (χ2n) is 8.23. The first-order valence-electron chi connectivity index (χ1n) is 10.4. The Morgan fingerprint density at radius 3 is 2.55 bits per heavy atom. The normalized spacial score (nSPS) is 22.1. The van der Waals surface area contributed by atoms with Gasteiger partial charge >= 0.3 is 0 Å². The van der Waals surface area contributed by atoms with Crippen molar-refractivity contribution in [1.82, 2.24) is 18.7 Å². The van der Waals surface area contributed by atoms with Gasteiger partial charge in [-0.3, -0.25) is 9.69 Å². The minimum atomic E-state index is -3.19. The van der Waals surface area contributed by atoms with Crippen LogP contribution in [0.1, 0.15) is 36.2 Å². The smallest absolute Gasteiger partial charge is 0.270 e. The molecule has 0 aliphatic carbocycles. The highest BCUT2D eigenvalue weighted by atomic mass is 32.2. The number of hydrogen-bond donors (Lipinski definition) is 0. The molecule has 1 aromatic rings. The zero-order chi connectivity index (χ0) is 21.0. The second-order valence-corrected chi connectivity index (χ2v) is 10.2. The summed E-state index contributed by atoms with van der Waals surface area (Å²) in [6.45, 7) is 3.95. The zero-order valence-corrected chi connectivity index (χ0v) is 18.6. The molecule has 1 unspecified atom stereocenters. The minimum absolute atomic E-state index is 0.00540. The molecule has 0 bridgehead atoms. The Balaban J connectivity index is 1.68. The molecule has 0 radical (unpaired) electrons. The Bertz CT molecular complexity index is 788. The van der Waals surface area contributed by atoms with E-state index in [1.165, 1.54) is 6.26 Å². The number of hydrogen-bond acceptors (Lipinski definition) is 5. The molecule has 2 fully saturated rings. The topological polar surface area (TPSA) is 75.1 Å². The summed E-state index contributed by atoms with van der Waals surface area (Å²) in [4.78, 5) is 17.0. The summed E-state index contributed by atoms with van der Waals surface area (Å²) in [6, 6.07) is 4.25. The third-order valence-corrected chi connectivity index (χ3v) is 7.43. The number of aryl methyl sites for hydroxylation is 1. The highest BCUT2D eigenvalue weighted by Gasteiger charge is 2.34. The lowest BCUT2D eigenvalue weighted by Gasteiger charge is -2.44. The van der Waals surface area contributed by atoms with E-state index < -0.39 is 10.0 Å². The van der Waals surface area contributed by atoms with Crippen LogP contribution in [0, 0.1) is 0 Å². The van der Waals surface area contributed by atoms with Crippen molar-refractivity contribution in [1.29, 1.82) is 0 Å². The van der Waals surface area contributed by atoms with Gasteiger partial charge in [0.05, 0.1) is 6.26 Å². The van der Waals surface area contributed by atoms with Crippen LogP contribution in [0.4, 0.5) is 0 Å². The summed E-state index contributed by atoms with van der Waals surface area (Å²) < 4.78 is 33.1. The van der Waals surface area contributed by atoms with Crippen LogP contribution in [0.15, 0.2) is 18.3 Å². The molecule has 2 saturated heterocycles. The molecule has 2 aliphatic heterocycles. The lowest BCUT2D eigenvalue weighted by Crippen LogP contribution is -2.55. The van der Waals surface area contributed by atoms with Gasteiger partial charge < -0.3 is 14.2 Å². The number of nitrogens with zero attached hydrogens (tertiary/aromatic N) is 4. The maximum Gasteiger partial charge on any atom is 0.270 e. The molecule has 164 valence electrons. The Morgan fingerprint density at radius 1 is 1.21 bits per heavy atom. The van der Waals surface area contributed by atoms with Crippen molar-refractivity contribution in [2.75, 3.05) is 52.7 Å². The first-order valence-corrected chi connectivity index (χ1v) is 12.3. The molecule has 29 heavy (non-hydrogen) atoms. The fourth-order valence-corrected chi connectivity index (χ4v) is 5.32. The number of rotatable bonds is 7. The number of carbonyl (C=O) groups excluding carboxylic acids is 1. The fraction of sp³-hybridized carbons (Fsp3) is 0.750. The van der Waals surface area contributed by atoms with Crippen molar-refractivity contribution >= 4 is 15.9 Å². The lowest BCUT2D eigenvalue weighted by atomic mass is 9.99. The molecule has 0 spiro atoms. The summed E-state index contributed by atoms with van der Waals surface area (Å²) >= 11 is 0. The number of likely N-dealkylation sites (N-methyl/N-ethyl adjacent to an activating group) is 1. The van der Waals surface area contributed by atoms with Crippen LogP contribution >= 0.6 is 0 Å². The van der Waals surface area contributed by atoms with Crippen molar-refractivity contribution in [2.24, 2.45) is 7.05 Å². The second kappa shape index (κ2) is 9.59. The van der Waals surface area contributed by atoms with E-state index in [-0.39, 0.29) is 11.9 Å². The average molecular weight is 427 g/mol. The summed E-state index contributed by atoms with van der Waals surface area (Å²) in [6.07, 6.45) is 6.92. The molecule has 1 amide bonds. The van der Waals surface area contributed by atoms with Crippen molar-refractivity contribution in [3.63, 3.8) is 0 Å². The predicted molar refractivity (Wildman–Crippen MR) is 112 cm³/mol. The highest BCUT2D eigenvalue weighted by molar-refractivity contribution is 7.88. The van der Waals surface area contributed by atoms with Gasteiger partial charge in [0.1, 0.15) is 5.69 Å². The van der Waals surface area contributed by atoms with Gasteiger partial charge in [-0.1, -0.05) is 0 Å². The van der Waals surface area contributed by atoms with E-state index in [0.717, 1.165) is 45.4 Å². The van der Waals surface area contributed by atoms with E-state index in [4.69, 9.17) is 4.74 Å². The molecule has 2 aliphatic rings. The first kappa shape index (κ1) is 22.3. The Labute approximate surface area is 174 Å². The van der Waals surface area contributed by atoms with Gasteiger partial charge in [0, 0.05) is 71.8 Å². The van der Waals surface area contributed by atoms with E-state index in [1.54, 1.807) is 9.21 Å². The number of aromatic nitrogens is 1. The summed E-state index contributed by atoms with van der Waals surface area (Å²) in [7, 11) is 0.519. The molecular weight excluding hydrogens is 392 g/mol. The number of ether oxygens (including phenoxy) is 1. The fourth-order valence-electron chi connectivity index (χ4n) is 4.42. The quantitative estimate of drug-likeness (QED) is 0.650. The van der Waals surface area contributed by atoms with E-state index >= 15 is 0 Å². The third kappa shape index (κ3) is 5.59. The molecule has 8 nitrogen and oxygen atoms in total. The van der Waals surface area contributed by atoms with Crippen molar-refractivity contribution in [3.8, 4) is 0 Å². The maximum atomic E-state index is 12.8. The molecule has 1 aromatic heterocycles. The van der Waals surface area contributed by atoms with Crippen LogP contribution in [0.2, 0.25) is 0 Å². The number of sulfonamides is 1. The molecule has 0 saturated carbocycles. The van der Waals surface area contributed by atoms with E-state index in [1.807, 2.05) is 37.0 Å². The van der Waals surface area contributed by atoms with Crippen LogP contribution in [-0.2, 0) is 21.8 Å². The van der Waals surface area contributed by atoms with Gasteiger partial charge in [0.2, 0.25) is 10.0 Å². The van der Waals surface area contributed by atoms with Crippen LogP contribution in [-0.4, -0.2) is 97.8 Å². The zero-order valence-electron chi connectivity index (χ0n) is 17.8. The average Bonchev–Trinajstić information content (AvgIpc) is 3.13. The summed E-state index contributed by atoms with van der Waals surface area (Å²) in [5.74, 6) is 0.00540. The van der Waals surface area contributed by atoms with Crippen molar-refractivity contribution < 1.29 is 17.9 Å². The van der Waals surface area contributed by atoms with Crippen LogP contribution in [0.25, 0.3) is 0 Å². The predicted octanol–water partition coefficient (Wildman–Crippen LogP) is 1.00. The molecule has 3 heterocycles. The first-order chi connectivity index (χ1) is 13.8. The molecule has 0 N–H and O–H groups in total. The molecular formula is C20H34N4O4S. The van der Waals surface area contributed by atoms with E-state index in [2.05, 4.69) is 4.90 Å². The number of amides is 1. The summed E-state index contributed by atoms with van der Waals surface area (Å²) in [5, 5.41) is 0. The monoisotopic (exact) mass is 426 g/mol. The minimum Gasteiger partial charge on any atom is -0.381 e. The van der Waals surface area contributed by atoms with E-state index in [9.17, 15) is 13.2 Å². The lowest BCUT2D eigenvalue weighted by molar-refractivity contribution is 0.00315. The molecule has 9 heteroatoms. The van der Waals surface area contributed by atoms with Crippen LogP contribution in [0.3, 0.4) is 0 Å². The van der Waals surface area contributed by atoms with E-state index in [0.29, 0.717) is 31.4 Å². The Hall–Kier alpha value is -1.42. The van der Waals surface area contributed by atoms with Gasteiger partial charge in [-0.2, -0.15) is 0 Å². The Morgan fingerprint density at radius 2 is 1.93 bits per heavy atom. The third-order valence-electron chi connectivity index (χ3n) is 6.16. The van der Waals surface area contributed by atoms with Gasteiger partial charge in [-0.05, 0) is 37.8 Å². The SMILES string of the molecule is CN(CCN(C1CCOCC1)C1CCCN(S(C)(=O)=O)C1)C(=O)c1cccn1C. The van der Waals surface area contributed by atoms with Gasteiger partial charge in [0.15, 0.2) is 0 Å². The summed E-state index contributed by atoms with van der Waals surface area (Å²) in [5.41, 5.74) is 0.672. The molecule has 3 rings (SSSR count). The van der Waals surface area contributed by atoms with Gasteiger partial charge in [0.25, 0.3) is 5.91 Å². The van der Waals surface area contributed by atoms with Crippen molar-refractivity contribution in [3.05, 3.63) is 24.0 Å². The molecule has 1 atom stereocenters. The number of carbonyl (C=O) groups is 1. The van der Waals surface area contributed by atoms with Crippen molar-refractivity contribution in [2.45, 2.75) is 37.8 Å². The largest absolute Gasteiger partial charge is 0.381 e. The molecule has 0 aromatic carbocycles. The van der Waals surface area contributed by atoms with Gasteiger partial charge in [-0.15, -0.1) is 0 Å².